The van der Waals surface area contributed by atoms with Crippen LogP contribution in [0.1, 0.15) is 6.42 Å². The van der Waals surface area contributed by atoms with Crippen LogP contribution in [0, 0.1) is 0 Å². The molecular weight excluding hydrogens is 376 g/mol. The molecule has 0 bridgehead atoms. The maximum absolute atomic E-state index is 12.0. The van der Waals surface area contributed by atoms with E-state index in [4.69, 9.17) is 16.3 Å². The molecule has 0 unspecified atom stereocenters. The third-order valence-corrected chi connectivity index (χ3v) is 5.07. The molecule has 1 fully saturated rings. The molecule has 1 aliphatic rings. The molecule has 0 saturated carbocycles. The van der Waals surface area contributed by atoms with Crippen LogP contribution in [-0.2, 0) is 0 Å². The van der Waals surface area contributed by atoms with Gasteiger partial charge in [-0.05, 0) is 55.4 Å². The Morgan fingerprint density at radius 1 is 1.11 bits per heavy atom. The number of carbonyl (C=O) groups is 1. The summed E-state index contributed by atoms with van der Waals surface area (Å²) in [5, 5.41) is 6.51. The largest absolute Gasteiger partial charge is 0.497 e. The second-order valence-corrected chi connectivity index (χ2v) is 7.21. The minimum absolute atomic E-state index is 0.184. The van der Waals surface area contributed by atoms with Crippen LogP contribution in [0.15, 0.2) is 48.5 Å². The molecule has 2 N–H and O–H groups in total. The molecule has 0 spiro atoms. The van der Waals surface area contributed by atoms with E-state index in [1.54, 1.807) is 7.11 Å². The third kappa shape index (κ3) is 6.04. The number of methoxy groups -OCH3 is 1. The van der Waals surface area contributed by atoms with Gasteiger partial charge in [0.25, 0.3) is 0 Å². The van der Waals surface area contributed by atoms with Crippen molar-refractivity contribution in [3.8, 4) is 5.75 Å². The Labute approximate surface area is 171 Å². The molecule has 3 rings (SSSR count). The maximum atomic E-state index is 12.0. The summed E-state index contributed by atoms with van der Waals surface area (Å²) in [6.07, 6.45) is 0.924. The molecule has 1 aliphatic heterocycles. The number of halogens is 1. The molecule has 1 saturated heterocycles. The topological polar surface area (TPSA) is 56.8 Å². The molecule has 28 heavy (non-hydrogen) atoms. The van der Waals surface area contributed by atoms with Crippen molar-refractivity contribution in [1.82, 2.24) is 10.2 Å². The molecule has 6 nitrogen and oxygen atoms in total. The average molecular weight is 403 g/mol. The van der Waals surface area contributed by atoms with Crippen molar-refractivity contribution in [2.24, 2.45) is 0 Å². The quantitative estimate of drug-likeness (QED) is 0.693. The minimum atomic E-state index is -0.184. The van der Waals surface area contributed by atoms with Crippen LogP contribution in [0.4, 0.5) is 16.2 Å². The monoisotopic (exact) mass is 402 g/mol. The van der Waals surface area contributed by atoms with E-state index in [0.29, 0.717) is 6.54 Å². The van der Waals surface area contributed by atoms with Crippen LogP contribution in [0.5, 0.6) is 5.75 Å². The van der Waals surface area contributed by atoms with Crippen molar-refractivity contribution >= 4 is 29.0 Å². The Kier molecular flexibility index (Phi) is 7.39. The van der Waals surface area contributed by atoms with E-state index in [-0.39, 0.29) is 6.03 Å². The van der Waals surface area contributed by atoms with E-state index >= 15 is 0 Å². The van der Waals surface area contributed by atoms with Gasteiger partial charge in [-0.25, -0.2) is 4.79 Å². The standard InChI is InChI=1S/C21H27ClN4O2/c1-28-20-8-6-18(7-9-20)24-21(27)23-10-3-11-25-12-14-26(15-13-25)19-5-2-4-17(22)16-19/h2,4-9,16H,3,10-15H2,1H3,(H2,23,24,27). The summed E-state index contributed by atoms with van der Waals surface area (Å²) in [4.78, 5) is 16.8. The Morgan fingerprint density at radius 2 is 1.86 bits per heavy atom. The lowest BCUT2D eigenvalue weighted by Gasteiger charge is -2.36. The number of hydrogen-bond donors (Lipinski definition) is 2. The number of nitrogens with zero attached hydrogens (tertiary/aromatic N) is 2. The molecule has 7 heteroatoms. The first-order chi connectivity index (χ1) is 13.6. The minimum Gasteiger partial charge on any atom is -0.497 e. The summed E-state index contributed by atoms with van der Waals surface area (Å²) in [6.45, 7) is 5.65. The van der Waals surface area contributed by atoms with Crippen molar-refractivity contribution in [2.75, 3.05) is 56.6 Å². The number of piperazine rings is 1. The van der Waals surface area contributed by atoms with Gasteiger partial charge in [-0.2, -0.15) is 0 Å². The molecule has 2 aromatic carbocycles. The van der Waals surface area contributed by atoms with Crippen molar-refractivity contribution < 1.29 is 9.53 Å². The van der Waals surface area contributed by atoms with Gasteiger partial charge in [0.1, 0.15) is 5.75 Å². The number of anilines is 2. The first-order valence-corrected chi connectivity index (χ1v) is 9.93. The second-order valence-electron chi connectivity index (χ2n) is 6.77. The normalized spacial score (nSPS) is 14.6. The van der Waals surface area contributed by atoms with Gasteiger partial charge in [-0.15, -0.1) is 0 Å². The molecule has 0 aromatic heterocycles. The van der Waals surface area contributed by atoms with E-state index < -0.39 is 0 Å². The Bertz CT molecular complexity index is 761. The molecule has 150 valence electrons. The summed E-state index contributed by atoms with van der Waals surface area (Å²) in [7, 11) is 1.62. The zero-order valence-electron chi connectivity index (χ0n) is 16.2. The number of benzene rings is 2. The lowest BCUT2D eigenvalue weighted by molar-refractivity contribution is 0.244. The smallest absolute Gasteiger partial charge is 0.319 e. The van der Waals surface area contributed by atoms with Gasteiger partial charge in [0, 0.05) is 49.1 Å². The van der Waals surface area contributed by atoms with Crippen molar-refractivity contribution in [2.45, 2.75) is 6.42 Å². The number of amides is 2. The number of ether oxygens (including phenoxy) is 1. The highest BCUT2D eigenvalue weighted by atomic mass is 35.5. The van der Waals surface area contributed by atoms with E-state index in [1.165, 1.54) is 5.69 Å². The zero-order valence-corrected chi connectivity index (χ0v) is 16.9. The molecule has 2 aromatic rings. The predicted octanol–water partition coefficient (Wildman–Crippen LogP) is 3.68. The number of nitrogens with one attached hydrogen (secondary N) is 2. The molecule has 0 radical (unpaired) electrons. The number of carbonyl (C=O) groups excluding carboxylic acids is 1. The van der Waals surface area contributed by atoms with Crippen LogP contribution < -0.4 is 20.3 Å². The Hall–Kier alpha value is -2.44. The first-order valence-electron chi connectivity index (χ1n) is 9.56. The molecule has 2 amide bonds. The lowest BCUT2D eigenvalue weighted by Crippen LogP contribution is -2.47. The number of hydrogen-bond acceptors (Lipinski definition) is 4. The van der Waals surface area contributed by atoms with E-state index in [2.05, 4.69) is 26.5 Å². The van der Waals surface area contributed by atoms with Crippen LogP contribution in [0.3, 0.4) is 0 Å². The van der Waals surface area contributed by atoms with Crippen LogP contribution in [-0.4, -0.2) is 57.3 Å². The van der Waals surface area contributed by atoms with E-state index in [9.17, 15) is 4.79 Å². The van der Waals surface area contributed by atoms with Crippen LogP contribution >= 0.6 is 11.6 Å². The SMILES string of the molecule is COc1ccc(NC(=O)NCCCN2CCN(c3cccc(Cl)c3)CC2)cc1. The Balaban J connectivity index is 1.31. The molecular formula is C21H27ClN4O2. The average Bonchev–Trinajstić information content (AvgIpc) is 2.72. The van der Waals surface area contributed by atoms with Crippen LogP contribution in [0.25, 0.3) is 0 Å². The van der Waals surface area contributed by atoms with Gasteiger partial charge in [0.05, 0.1) is 7.11 Å². The fourth-order valence-corrected chi connectivity index (χ4v) is 3.44. The molecule has 1 heterocycles. The summed E-state index contributed by atoms with van der Waals surface area (Å²) in [6, 6.07) is 15.1. The van der Waals surface area contributed by atoms with Crippen molar-refractivity contribution in [3.63, 3.8) is 0 Å². The maximum Gasteiger partial charge on any atom is 0.319 e. The number of urea groups is 1. The fraction of sp³-hybridized carbons (Fsp3) is 0.381. The van der Waals surface area contributed by atoms with E-state index in [1.807, 2.05) is 42.5 Å². The molecule has 0 aliphatic carbocycles. The third-order valence-electron chi connectivity index (χ3n) is 4.83. The highest BCUT2D eigenvalue weighted by molar-refractivity contribution is 6.30. The molecule has 0 atom stereocenters. The highest BCUT2D eigenvalue weighted by Crippen LogP contribution is 2.20. The summed E-state index contributed by atoms with van der Waals surface area (Å²) in [5.41, 5.74) is 1.93. The second kappa shape index (κ2) is 10.2. The predicted molar refractivity (Wildman–Crippen MR) is 115 cm³/mol. The first kappa shape index (κ1) is 20.3. The van der Waals surface area contributed by atoms with Crippen molar-refractivity contribution in [3.05, 3.63) is 53.6 Å². The van der Waals surface area contributed by atoms with Gasteiger partial charge in [-0.3, -0.25) is 4.90 Å². The summed E-state index contributed by atoms with van der Waals surface area (Å²) < 4.78 is 5.11. The highest BCUT2D eigenvalue weighted by Gasteiger charge is 2.17. The van der Waals surface area contributed by atoms with E-state index in [0.717, 1.165) is 55.6 Å². The van der Waals surface area contributed by atoms with Gasteiger partial charge < -0.3 is 20.3 Å². The van der Waals surface area contributed by atoms with Gasteiger partial charge >= 0.3 is 6.03 Å². The van der Waals surface area contributed by atoms with Gasteiger partial charge in [0.2, 0.25) is 0 Å². The fourth-order valence-electron chi connectivity index (χ4n) is 3.26. The number of rotatable bonds is 7. The van der Waals surface area contributed by atoms with Crippen molar-refractivity contribution in [1.29, 1.82) is 0 Å². The summed E-state index contributed by atoms with van der Waals surface area (Å²) in [5.74, 6) is 0.765. The Morgan fingerprint density at radius 3 is 2.54 bits per heavy atom. The summed E-state index contributed by atoms with van der Waals surface area (Å²) >= 11 is 6.09. The van der Waals surface area contributed by atoms with Crippen LogP contribution in [0.2, 0.25) is 5.02 Å². The lowest BCUT2D eigenvalue weighted by atomic mass is 10.2. The van der Waals surface area contributed by atoms with Gasteiger partial charge in [0.15, 0.2) is 0 Å². The zero-order chi connectivity index (χ0) is 19.8. The van der Waals surface area contributed by atoms with Gasteiger partial charge in [-0.1, -0.05) is 17.7 Å².